The zero-order chi connectivity index (χ0) is 23.8. The predicted molar refractivity (Wildman–Crippen MR) is 130 cm³/mol. The van der Waals surface area contributed by atoms with Crippen LogP contribution < -0.4 is 20.3 Å². The van der Waals surface area contributed by atoms with E-state index in [1.807, 2.05) is 0 Å². The second kappa shape index (κ2) is 8.99. The molecule has 0 radical (unpaired) electrons. The standard InChI is InChI=1S/C22H22BrN5O4S/c1-13(2)33(30,31)19-7-5-4-6-16(19)26-21-15(23)11-24-22(27-21)25-14-8-9-17-18(10-14)32-12-20(29)28(17)3/h4-11,13H,12H2,1-3H3,(H2,24,25,26,27). The highest BCUT2D eigenvalue weighted by molar-refractivity contribution is 9.10. The third kappa shape index (κ3) is 4.64. The molecule has 1 aliphatic rings. The van der Waals surface area contributed by atoms with Crippen molar-refractivity contribution in [2.75, 3.05) is 29.2 Å². The number of sulfone groups is 1. The van der Waals surface area contributed by atoms with Gasteiger partial charge in [0.1, 0.15) is 11.6 Å². The Bertz CT molecular complexity index is 1330. The monoisotopic (exact) mass is 531 g/mol. The van der Waals surface area contributed by atoms with Crippen LogP contribution >= 0.6 is 15.9 Å². The molecule has 2 heterocycles. The fourth-order valence-corrected chi connectivity index (χ4v) is 4.69. The van der Waals surface area contributed by atoms with Crippen LogP contribution in [0.4, 0.5) is 28.8 Å². The summed E-state index contributed by atoms with van der Waals surface area (Å²) in [5, 5.41) is 5.65. The minimum Gasteiger partial charge on any atom is -0.481 e. The van der Waals surface area contributed by atoms with Gasteiger partial charge in [0.25, 0.3) is 5.91 Å². The lowest BCUT2D eigenvalue weighted by atomic mass is 10.2. The van der Waals surface area contributed by atoms with Crippen LogP contribution in [0.25, 0.3) is 0 Å². The second-order valence-corrected chi connectivity index (χ2v) is 11.0. The Morgan fingerprint density at radius 2 is 1.91 bits per heavy atom. The summed E-state index contributed by atoms with van der Waals surface area (Å²) in [5.41, 5.74) is 1.78. The van der Waals surface area contributed by atoms with Crippen LogP contribution in [0.1, 0.15) is 13.8 Å². The first-order valence-corrected chi connectivity index (χ1v) is 12.4. The van der Waals surface area contributed by atoms with Crippen molar-refractivity contribution in [1.29, 1.82) is 0 Å². The summed E-state index contributed by atoms with van der Waals surface area (Å²) in [5.74, 6) is 1.16. The Morgan fingerprint density at radius 3 is 2.67 bits per heavy atom. The molecule has 0 spiro atoms. The maximum absolute atomic E-state index is 12.8. The molecule has 2 aromatic carbocycles. The van der Waals surface area contributed by atoms with E-state index in [2.05, 4.69) is 36.5 Å². The largest absolute Gasteiger partial charge is 0.481 e. The van der Waals surface area contributed by atoms with Gasteiger partial charge in [-0.3, -0.25) is 4.79 Å². The molecule has 0 saturated carbocycles. The molecule has 11 heteroatoms. The molecule has 0 unspecified atom stereocenters. The number of benzene rings is 2. The summed E-state index contributed by atoms with van der Waals surface area (Å²) < 4.78 is 31.6. The number of anilines is 5. The number of para-hydroxylation sites is 1. The average molecular weight is 532 g/mol. The Morgan fingerprint density at radius 1 is 1.15 bits per heavy atom. The molecule has 33 heavy (non-hydrogen) atoms. The summed E-state index contributed by atoms with van der Waals surface area (Å²) in [7, 11) is -1.80. The summed E-state index contributed by atoms with van der Waals surface area (Å²) >= 11 is 3.42. The van der Waals surface area contributed by atoms with Gasteiger partial charge in [-0.15, -0.1) is 0 Å². The number of nitrogens with zero attached hydrogens (tertiary/aromatic N) is 3. The normalized spacial score (nSPS) is 13.5. The van der Waals surface area contributed by atoms with Crippen molar-refractivity contribution < 1.29 is 17.9 Å². The van der Waals surface area contributed by atoms with Gasteiger partial charge in [0.15, 0.2) is 16.4 Å². The highest BCUT2D eigenvalue weighted by atomic mass is 79.9. The minimum absolute atomic E-state index is 0.0193. The zero-order valence-corrected chi connectivity index (χ0v) is 20.6. The molecular weight excluding hydrogens is 510 g/mol. The fraction of sp³-hybridized carbons (Fsp3) is 0.227. The highest BCUT2D eigenvalue weighted by Gasteiger charge is 2.24. The van der Waals surface area contributed by atoms with Crippen LogP contribution in [-0.4, -0.2) is 43.2 Å². The number of carbonyl (C=O) groups is 1. The van der Waals surface area contributed by atoms with Gasteiger partial charge in [-0.2, -0.15) is 4.98 Å². The van der Waals surface area contributed by atoms with Gasteiger partial charge in [0.05, 0.1) is 26.0 Å². The van der Waals surface area contributed by atoms with Crippen molar-refractivity contribution in [2.45, 2.75) is 24.0 Å². The van der Waals surface area contributed by atoms with Crippen LogP contribution in [0.2, 0.25) is 0 Å². The number of fused-ring (bicyclic) bond motifs is 1. The first-order chi connectivity index (χ1) is 15.7. The SMILES string of the molecule is CC(C)S(=O)(=O)c1ccccc1Nc1nc(Nc2ccc3c(c2)OCC(=O)N3C)ncc1Br. The van der Waals surface area contributed by atoms with Gasteiger partial charge in [-0.1, -0.05) is 12.1 Å². The molecule has 9 nitrogen and oxygen atoms in total. The molecule has 1 amide bonds. The summed E-state index contributed by atoms with van der Waals surface area (Å²) in [6, 6.07) is 12.0. The fourth-order valence-electron chi connectivity index (χ4n) is 3.20. The number of rotatable bonds is 6. The average Bonchev–Trinajstić information content (AvgIpc) is 2.79. The van der Waals surface area contributed by atoms with Crippen molar-refractivity contribution in [3.05, 3.63) is 53.1 Å². The van der Waals surface area contributed by atoms with E-state index < -0.39 is 15.1 Å². The Hall–Kier alpha value is -3.18. The summed E-state index contributed by atoms with van der Waals surface area (Å²) in [6.45, 7) is 3.27. The van der Waals surface area contributed by atoms with Crippen LogP contribution in [-0.2, 0) is 14.6 Å². The molecule has 3 aromatic rings. The maximum atomic E-state index is 12.8. The van der Waals surface area contributed by atoms with Crippen molar-refractivity contribution in [2.24, 2.45) is 0 Å². The molecule has 2 N–H and O–H groups in total. The molecule has 0 bridgehead atoms. The number of amides is 1. The lowest BCUT2D eigenvalue weighted by molar-refractivity contribution is -0.120. The molecule has 0 aliphatic carbocycles. The summed E-state index contributed by atoms with van der Waals surface area (Å²) in [6.07, 6.45) is 1.57. The maximum Gasteiger partial charge on any atom is 0.264 e. The Labute approximate surface area is 200 Å². The number of carbonyl (C=O) groups excluding carboxylic acids is 1. The second-order valence-electron chi connectivity index (χ2n) is 7.65. The molecular formula is C22H22BrN5O4S. The first kappa shape index (κ1) is 23.0. The van der Waals surface area contributed by atoms with E-state index in [0.717, 1.165) is 0 Å². The molecule has 1 aromatic heterocycles. The van der Waals surface area contributed by atoms with Crippen LogP contribution in [0.15, 0.2) is 58.0 Å². The number of likely N-dealkylation sites (N-methyl/N-ethyl adjacent to an activating group) is 1. The van der Waals surface area contributed by atoms with Crippen molar-refractivity contribution >= 4 is 60.5 Å². The number of ether oxygens (including phenoxy) is 1. The molecule has 0 saturated heterocycles. The van der Waals surface area contributed by atoms with Gasteiger partial charge in [-0.05, 0) is 54.0 Å². The molecule has 4 rings (SSSR count). The molecule has 0 atom stereocenters. The molecule has 172 valence electrons. The van der Waals surface area contributed by atoms with Crippen molar-refractivity contribution in [1.82, 2.24) is 9.97 Å². The van der Waals surface area contributed by atoms with Gasteiger partial charge in [-0.25, -0.2) is 13.4 Å². The van der Waals surface area contributed by atoms with E-state index in [9.17, 15) is 13.2 Å². The van der Waals surface area contributed by atoms with Crippen LogP contribution in [0.5, 0.6) is 5.75 Å². The van der Waals surface area contributed by atoms with E-state index in [1.54, 1.807) is 74.5 Å². The Balaban J connectivity index is 1.61. The van der Waals surface area contributed by atoms with Gasteiger partial charge in [0.2, 0.25) is 5.95 Å². The van der Waals surface area contributed by atoms with E-state index in [0.29, 0.717) is 39.1 Å². The number of hydrogen-bond acceptors (Lipinski definition) is 8. The van der Waals surface area contributed by atoms with E-state index in [4.69, 9.17) is 4.74 Å². The number of nitrogens with one attached hydrogen (secondary N) is 2. The molecule has 0 fully saturated rings. The van der Waals surface area contributed by atoms with E-state index in [1.165, 1.54) is 0 Å². The predicted octanol–water partition coefficient (Wildman–Crippen LogP) is 4.26. The topological polar surface area (TPSA) is 114 Å². The number of aromatic nitrogens is 2. The van der Waals surface area contributed by atoms with Gasteiger partial charge in [0, 0.05) is 25.0 Å². The lowest BCUT2D eigenvalue weighted by Crippen LogP contribution is -2.35. The quantitative estimate of drug-likeness (QED) is 0.484. The van der Waals surface area contributed by atoms with Crippen molar-refractivity contribution in [3.63, 3.8) is 0 Å². The smallest absolute Gasteiger partial charge is 0.264 e. The Kier molecular flexibility index (Phi) is 6.26. The first-order valence-electron chi connectivity index (χ1n) is 10.1. The lowest BCUT2D eigenvalue weighted by Gasteiger charge is -2.26. The summed E-state index contributed by atoms with van der Waals surface area (Å²) in [4.78, 5) is 22.3. The van der Waals surface area contributed by atoms with Crippen LogP contribution in [0, 0.1) is 0 Å². The van der Waals surface area contributed by atoms with Gasteiger partial charge < -0.3 is 20.3 Å². The van der Waals surface area contributed by atoms with Crippen molar-refractivity contribution in [3.8, 4) is 5.75 Å². The minimum atomic E-state index is -3.50. The third-order valence-electron chi connectivity index (χ3n) is 5.11. The van der Waals surface area contributed by atoms with E-state index >= 15 is 0 Å². The number of halogens is 1. The van der Waals surface area contributed by atoms with Crippen LogP contribution in [0.3, 0.4) is 0 Å². The zero-order valence-electron chi connectivity index (χ0n) is 18.2. The molecule has 1 aliphatic heterocycles. The third-order valence-corrected chi connectivity index (χ3v) is 7.90. The van der Waals surface area contributed by atoms with E-state index in [-0.39, 0.29) is 17.4 Å². The van der Waals surface area contributed by atoms with Gasteiger partial charge >= 0.3 is 0 Å². The highest BCUT2D eigenvalue weighted by Crippen LogP contribution is 2.35. The number of hydrogen-bond donors (Lipinski definition) is 2.